The summed E-state index contributed by atoms with van der Waals surface area (Å²) in [6.45, 7) is 1.84. The van der Waals surface area contributed by atoms with Gasteiger partial charge in [-0.3, -0.25) is 14.5 Å². The summed E-state index contributed by atoms with van der Waals surface area (Å²) < 4.78 is 2.43. The van der Waals surface area contributed by atoms with Gasteiger partial charge in [-0.15, -0.1) is 0 Å². The van der Waals surface area contributed by atoms with Crippen LogP contribution in [0.15, 0.2) is 47.2 Å². The number of nitrogens with zero attached hydrogens (tertiary/aromatic N) is 4. The van der Waals surface area contributed by atoms with E-state index >= 15 is 0 Å². The fourth-order valence-electron chi connectivity index (χ4n) is 2.36. The highest BCUT2D eigenvalue weighted by Crippen LogP contribution is 2.17. The van der Waals surface area contributed by atoms with Gasteiger partial charge in [0.05, 0.1) is 18.8 Å². The van der Waals surface area contributed by atoms with E-state index in [9.17, 15) is 10.1 Å². The van der Waals surface area contributed by atoms with Gasteiger partial charge in [0.15, 0.2) is 0 Å². The number of hydrogen-bond donors (Lipinski definition) is 1. The zero-order valence-electron chi connectivity index (χ0n) is 13.2. The maximum atomic E-state index is 12.4. The molecule has 2 heterocycles. The Labute approximate surface area is 157 Å². The number of benzene rings is 1. The molecule has 0 fully saturated rings. The molecule has 0 radical (unpaired) electrons. The Hall–Kier alpha value is -2.43. The number of rotatable bonds is 4. The van der Waals surface area contributed by atoms with E-state index in [0.717, 1.165) is 4.47 Å². The first kappa shape index (κ1) is 17.4. The molecule has 8 heteroatoms. The quantitative estimate of drug-likeness (QED) is 0.702. The van der Waals surface area contributed by atoms with Crippen molar-refractivity contribution < 1.29 is 4.79 Å². The Morgan fingerprint density at radius 2 is 2.12 bits per heavy atom. The Bertz CT molecular complexity index is 979. The van der Waals surface area contributed by atoms with E-state index in [0.29, 0.717) is 21.6 Å². The standard InChI is InChI=1S/C17H13BrClN5O/c1-17(9-20,22-16(25)11-2-4-13(19)5-3-11)10-24-8-15-14(23-24)6-12(18)7-21-15/h2-8H,10H2,1H3,(H,22,25). The van der Waals surface area contributed by atoms with Crippen LogP contribution in [0.3, 0.4) is 0 Å². The van der Waals surface area contributed by atoms with Crippen molar-refractivity contribution in [3.05, 3.63) is 57.8 Å². The number of hydrogen-bond acceptors (Lipinski definition) is 4. The van der Waals surface area contributed by atoms with E-state index < -0.39 is 5.54 Å². The first-order valence-corrected chi connectivity index (χ1v) is 8.54. The third-order valence-corrected chi connectivity index (χ3v) is 4.28. The lowest BCUT2D eigenvalue weighted by Crippen LogP contribution is -2.48. The van der Waals surface area contributed by atoms with Crippen LogP contribution in [0.4, 0.5) is 0 Å². The second kappa shape index (κ2) is 6.82. The van der Waals surface area contributed by atoms with E-state index in [4.69, 9.17) is 11.6 Å². The molecule has 0 bridgehead atoms. The summed E-state index contributed by atoms with van der Waals surface area (Å²) in [4.78, 5) is 16.6. The van der Waals surface area contributed by atoms with Crippen LogP contribution in [0.2, 0.25) is 5.02 Å². The second-order valence-electron chi connectivity index (χ2n) is 5.79. The van der Waals surface area contributed by atoms with Crippen LogP contribution in [0.1, 0.15) is 17.3 Å². The Morgan fingerprint density at radius 1 is 1.40 bits per heavy atom. The van der Waals surface area contributed by atoms with Crippen LogP contribution < -0.4 is 5.32 Å². The molecule has 25 heavy (non-hydrogen) atoms. The van der Waals surface area contributed by atoms with Gasteiger partial charge in [-0.25, -0.2) is 0 Å². The summed E-state index contributed by atoms with van der Waals surface area (Å²) in [6, 6.07) is 10.5. The lowest BCUT2D eigenvalue weighted by atomic mass is 10.0. The molecule has 3 rings (SSSR count). The Kier molecular flexibility index (Phi) is 4.75. The van der Waals surface area contributed by atoms with Gasteiger partial charge in [-0.1, -0.05) is 11.6 Å². The summed E-state index contributed by atoms with van der Waals surface area (Å²) in [5.41, 5.74) is 0.726. The topological polar surface area (TPSA) is 83.6 Å². The minimum absolute atomic E-state index is 0.191. The van der Waals surface area contributed by atoms with E-state index in [2.05, 4.69) is 37.4 Å². The molecule has 0 aliphatic rings. The number of fused-ring (bicyclic) bond motifs is 1. The normalized spacial score (nSPS) is 13.2. The number of nitriles is 1. The van der Waals surface area contributed by atoms with Gasteiger partial charge in [-0.2, -0.15) is 10.4 Å². The summed E-state index contributed by atoms with van der Waals surface area (Å²) in [5, 5.41) is 17.3. The zero-order valence-corrected chi connectivity index (χ0v) is 15.5. The monoisotopic (exact) mass is 417 g/mol. The summed E-state index contributed by atoms with van der Waals surface area (Å²) in [5.74, 6) is -0.349. The van der Waals surface area contributed by atoms with E-state index in [-0.39, 0.29) is 12.5 Å². The molecule has 0 aliphatic carbocycles. The molecule has 0 aliphatic heterocycles. The number of pyridine rings is 1. The molecule has 0 spiro atoms. The molecular weight excluding hydrogens is 406 g/mol. The fourth-order valence-corrected chi connectivity index (χ4v) is 2.80. The number of amides is 1. The SMILES string of the molecule is CC(C#N)(Cn1cc2ncc(Br)cc2n1)NC(=O)c1ccc(Cl)cc1. The molecule has 1 atom stereocenters. The number of aromatic nitrogens is 3. The molecule has 2 aromatic heterocycles. The average Bonchev–Trinajstić information content (AvgIpc) is 2.96. The highest BCUT2D eigenvalue weighted by atomic mass is 79.9. The highest BCUT2D eigenvalue weighted by Gasteiger charge is 2.28. The van der Waals surface area contributed by atoms with Crippen molar-refractivity contribution in [3.63, 3.8) is 0 Å². The molecular formula is C17H13BrClN5O. The van der Waals surface area contributed by atoms with Crippen LogP contribution in [0.25, 0.3) is 11.0 Å². The molecule has 3 aromatic rings. The predicted octanol–water partition coefficient (Wildman–Crippen LogP) is 3.56. The second-order valence-corrected chi connectivity index (χ2v) is 7.14. The van der Waals surface area contributed by atoms with Gasteiger partial charge < -0.3 is 5.32 Å². The molecule has 1 amide bonds. The van der Waals surface area contributed by atoms with Crippen LogP contribution in [-0.2, 0) is 6.54 Å². The summed E-state index contributed by atoms with van der Waals surface area (Å²) >= 11 is 9.18. The summed E-state index contributed by atoms with van der Waals surface area (Å²) in [7, 11) is 0. The van der Waals surface area contributed by atoms with E-state index in [1.807, 2.05) is 6.07 Å². The third kappa shape index (κ3) is 3.98. The molecule has 126 valence electrons. The number of nitrogens with one attached hydrogen (secondary N) is 1. The Morgan fingerprint density at radius 3 is 2.80 bits per heavy atom. The number of halogens is 2. The van der Waals surface area contributed by atoms with Crippen molar-refractivity contribution >= 4 is 44.5 Å². The van der Waals surface area contributed by atoms with Crippen molar-refractivity contribution in [2.75, 3.05) is 0 Å². The van der Waals surface area contributed by atoms with Gasteiger partial charge in [-0.05, 0) is 53.2 Å². The number of carbonyl (C=O) groups is 1. The maximum Gasteiger partial charge on any atom is 0.252 e. The van der Waals surface area contributed by atoms with E-state index in [1.54, 1.807) is 48.3 Å². The van der Waals surface area contributed by atoms with Gasteiger partial charge in [0.1, 0.15) is 16.6 Å². The minimum atomic E-state index is -1.13. The van der Waals surface area contributed by atoms with Gasteiger partial charge >= 0.3 is 0 Å². The lowest BCUT2D eigenvalue weighted by molar-refractivity contribution is 0.0917. The molecule has 1 unspecified atom stereocenters. The van der Waals surface area contributed by atoms with Gasteiger partial charge in [0.2, 0.25) is 0 Å². The van der Waals surface area contributed by atoms with Crippen molar-refractivity contribution in [1.82, 2.24) is 20.1 Å². The van der Waals surface area contributed by atoms with Crippen molar-refractivity contribution in [1.29, 1.82) is 5.26 Å². The van der Waals surface area contributed by atoms with Crippen molar-refractivity contribution in [2.24, 2.45) is 0 Å². The minimum Gasteiger partial charge on any atom is -0.332 e. The van der Waals surface area contributed by atoms with Crippen LogP contribution in [-0.4, -0.2) is 26.2 Å². The smallest absolute Gasteiger partial charge is 0.252 e. The number of carbonyl (C=O) groups excluding carboxylic acids is 1. The first-order valence-electron chi connectivity index (χ1n) is 7.37. The molecule has 0 saturated heterocycles. The average molecular weight is 419 g/mol. The Balaban J connectivity index is 1.80. The van der Waals surface area contributed by atoms with Crippen LogP contribution in [0, 0.1) is 11.3 Å². The van der Waals surface area contributed by atoms with Crippen LogP contribution in [0.5, 0.6) is 0 Å². The third-order valence-electron chi connectivity index (χ3n) is 3.59. The molecule has 0 saturated carbocycles. The van der Waals surface area contributed by atoms with Gasteiger partial charge in [0.25, 0.3) is 5.91 Å². The largest absolute Gasteiger partial charge is 0.332 e. The molecule has 1 aromatic carbocycles. The molecule has 1 N–H and O–H groups in total. The lowest BCUT2D eigenvalue weighted by Gasteiger charge is -2.23. The fraction of sp³-hybridized carbons (Fsp3) is 0.176. The van der Waals surface area contributed by atoms with E-state index in [1.165, 1.54) is 0 Å². The maximum absolute atomic E-state index is 12.4. The zero-order chi connectivity index (χ0) is 18.0. The van der Waals surface area contributed by atoms with Crippen molar-refractivity contribution in [2.45, 2.75) is 19.0 Å². The molecule has 6 nitrogen and oxygen atoms in total. The van der Waals surface area contributed by atoms with Gasteiger partial charge in [0, 0.05) is 21.3 Å². The van der Waals surface area contributed by atoms with Crippen molar-refractivity contribution in [3.8, 4) is 6.07 Å². The first-order chi connectivity index (χ1) is 11.9. The summed E-state index contributed by atoms with van der Waals surface area (Å²) in [6.07, 6.45) is 3.42. The van der Waals surface area contributed by atoms with Crippen LogP contribution >= 0.6 is 27.5 Å². The predicted molar refractivity (Wildman–Crippen MR) is 98.2 cm³/mol. The highest BCUT2D eigenvalue weighted by molar-refractivity contribution is 9.10.